The van der Waals surface area contributed by atoms with Gasteiger partial charge in [-0.1, -0.05) is 110 Å². The lowest BCUT2D eigenvalue weighted by atomic mass is 9.79. The average Bonchev–Trinajstić information content (AvgIpc) is 4.29. The first kappa shape index (κ1) is 69.0. The molecule has 1 saturated heterocycles. The first-order valence-electron chi connectivity index (χ1n) is 29.4. The van der Waals surface area contributed by atoms with Crippen LogP contribution in [0.1, 0.15) is 123 Å². The fourth-order valence-corrected chi connectivity index (χ4v) is 11.4. The number of ether oxygens (including phenoxy) is 6. The van der Waals surface area contributed by atoms with Gasteiger partial charge in [0.25, 0.3) is 11.8 Å². The zero-order valence-electron chi connectivity index (χ0n) is 51.4. The summed E-state index contributed by atoms with van der Waals surface area (Å²) >= 11 is 0. The van der Waals surface area contributed by atoms with Crippen LogP contribution in [0.3, 0.4) is 0 Å². The maximum atomic E-state index is 14.8. The highest BCUT2D eigenvalue weighted by Crippen LogP contribution is 2.40. The number of aliphatic hydroxyl groups is 1. The number of nitrogens with one attached hydrogen (secondary N) is 3. The minimum absolute atomic E-state index is 0.0234. The first-order valence-corrected chi connectivity index (χ1v) is 29.4. The number of imide groups is 1. The highest BCUT2D eigenvalue weighted by molar-refractivity contribution is 6.01. The number of hydrogen-bond acceptors (Lipinski definition) is 18. The maximum absolute atomic E-state index is 14.8. The van der Waals surface area contributed by atoms with Gasteiger partial charge in [-0.2, -0.15) is 0 Å². The number of esters is 1. The number of rotatable bonds is 30. The Labute approximate surface area is 499 Å². The number of carbonyl (C=O) groups excluding carboxylic acids is 9. The molecule has 6 amide bonds. The lowest BCUT2D eigenvalue weighted by molar-refractivity contribution is -0.196. The van der Waals surface area contributed by atoms with E-state index in [4.69, 9.17) is 33.3 Å². The van der Waals surface area contributed by atoms with Crippen molar-refractivity contribution in [3.8, 4) is 0 Å². The molecule has 2 aromatic carbocycles. The molecule has 4 N–H and O–H groups in total. The number of methoxy groups -OCH3 is 2. The molecule has 2 heterocycles. The Kier molecular flexibility index (Phi) is 26.9. The van der Waals surface area contributed by atoms with Gasteiger partial charge in [-0.3, -0.25) is 38.5 Å². The van der Waals surface area contributed by atoms with E-state index in [-0.39, 0.29) is 81.5 Å². The van der Waals surface area contributed by atoms with E-state index in [1.165, 1.54) is 21.3 Å². The van der Waals surface area contributed by atoms with Gasteiger partial charge in [0.05, 0.1) is 55.9 Å². The second-order valence-corrected chi connectivity index (χ2v) is 23.1. The average molecular weight is 1190 g/mol. The van der Waals surface area contributed by atoms with Gasteiger partial charge in [-0.15, -0.1) is 5.06 Å². The van der Waals surface area contributed by atoms with Crippen molar-refractivity contribution in [2.45, 2.75) is 162 Å². The van der Waals surface area contributed by atoms with Gasteiger partial charge in [-0.25, -0.2) is 9.59 Å². The van der Waals surface area contributed by atoms with Gasteiger partial charge in [0.15, 0.2) is 0 Å². The number of nitrogens with zero attached hydrogens (tertiary/aromatic N) is 3. The number of hydrogen-bond donors (Lipinski definition) is 4. The normalized spacial score (nSPS) is 20.7. The second kappa shape index (κ2) is 33.2. The smallest absolute Gasteiger partial charge is 0.410 e. The molecular weight excluding hydrogens is 1100 g/mol. The predicted octanol–water partition coefficient (Wildman–Crippen LogP) is 5.61. The number of carbonyl (C=O) groups is 9. The Morgan fingerprint density at radius 3 is 2.15 bits per heavy atom. The van der Waals surface area contributed by atoms with E-state index in [9.17, 15) is 48.3 Å². The number of likely N-dealkylation sites (N-methyl/N-ethyl adjacent to an activating group) is 2. The zero-order chi connectivity index (χ0) is 62.7. The van der Waals surface area contributed by atoms with E-state index in [1.807, 2.05) is 32.0 Å². The van der Waals surface area contributed by atoms with Gasteiger partial charge in [-0.05, 0) is 72.3 Å². The minimum Gasteiger partial charge on any atom is -0.455 e. The highest BCUT2D eigenvalue weighted by Gasteiger charge is 2.45. The molecule has 0 radical (unpaired) electrons. The van der Waals surface area contributed by atoms with Crippen LogP contribution in [-0.2, 0) is 84.6 Å². The summed E-state index contributed by atoms with van der Waals surface area (Å²) in [6.07, 6.45) is 1.69. The fraction of sp³-hybridized carbons (Fsp3) is 0.629. The number of anilines is 1. The topological polar surface area (TPSA) is 284 Å². The van der Waals surface area contributed by atoms with Gasteiger partial charge in [0.1, 0.15) is 43.9 Å². The number of amides is 6. The summed E-state index contributed by atoms with van der Waals surface area (Å²) in [5.74, 6) is -6.73. The third-order valence-corrected chi connectivity index (χ3v) is 16.3. The quantitative estimate of drug-likeness (QED) is 0.0420. The minimum atomic E-state index is -1.12. The number of aliphatic hydroxyl groups excluding tert-OH is 1. The third kappa shape index (κ3) is 19.1. The molecule has 0 spiro atoms. The molecule has 23 heteroatoms. The lowest BCUT2D eigenvalue weighted by Crippen LogP contribution is -2.60. The maximum Gasteiger partial charge on any atom is 0.410 e. The Bertz CT molecular complexity index is 2620. The largest absolute Gasteiger partial charge is 0.455 e. The van der Waals surface area contributed by atoms with E-state index in [0.29, 0.717) is 41.0 Å². The van der Waals surface area contributed by atoms with Crippen LogP contribution in [0, 0.1) is 35.5 Å². The summed E-state index contributed by atoms with van der Waals surface area (Å²) < 4.78 is 34.1. The molecule has 7 unspecified atom stereocenters. The summed E-state index contributed by atoms with van der Waals surface area (Å²) in [6.45, 7) is 14.1. The van der Waals surface area contributed by atoms with Crippen molar-refractivity contribution >= 4 is 59.0 Å². The van der Waals surface area contributed by atoms with Crippen molar-refractivity contribution in [3.05, 3.63) is 77.4 Å². The molecule has 85 heavy (non-hydrogen) atoms. The number of Topliss-reactive ketones (excluding diaryl/α,β-unsaturated/α-hetero) is 1. The summed E-state index contributed by atoms with van der Waals surface area (Å²) in [7, 11) is 6.10. The summed E-state index contributed by atoms with van der Waals surface area (Å²) in [6, 6.07) is 10.4. The Morgan fingerprint density at radius 2 is 1.52 bits per heavy atom. The molecule has 1 aliphatic carbocycles. The monoisotopic (exact) mass is 1190 g/mol. The number of hydroxylamine groups is 2. The van der Waals surface area contributed by atoms with Gasteiger partial charge in [0, 0.05) is 59.2 Å². The Balaban J connectivity index is 1.25. The van der Waals surface area contributed by atoms with E-state index < -0.39 is 120 Å². The van der Waals surface area contributed by atoms with Gasteiger partial charge in [0.2, 0.25) is 17.7 Å². The van der Waals surface area contributed by atoms with E-state index in [1.54, 1.807) is 96.0 Å². The molecule has 470 valence electrons. The molecular formula is C62H90N6O17. The Hall–Kier alpha value is -6.79. The molecule has 1 saturated carbocycles. The van der Waals surface area contributed by atoms with Crippen molar-refractivity contribution in [3.63, 3.8) is 0 Å². The van der Waals surface area contributed by atoms with Crippen LogP contribution in [0.25, 0.3) is 0 Å². The highest BCUT2D eigenvalue weighted by atomic mass is 16.7. The van der Waals surface area contributed by atoms with Crippen molar-refractivity contribution in [2.24, 2.45) is 35.5 Å². The molecule has 0 aromatic heterocycles. The summed E-state index contributed by atoms with van der Waals surface area (Å²) in [4.78, 5) is 129. The van der Waals surface area contributed by atoms with E-state index in [0.717, 1.165) is 11.3 Å². The van der Waals surface area contributed by atoms with Crippen LogP contribution in [0.5, 0.6) is 0 Å². The Morgan fingerprint density at radius 1 is 0.824 bits per heavy atom. The molecule has 3 aliphatic rings. The van der Waals surface area contributed by atoms with Crippen LogP contribution < -0.4 is 16.0 Å². The molecule has 0 bridgehead atoms. The molecule has 23 nitrogen and oxygen atoms in total. The SMILES string of the molecule is CC[C@H](C)C(C(CC(=O)C1CCCC1C(OC)[C@@H](C)C(=O)N[C@H](C)[C@@H](O)c1ccccc1)OC)N(C)C(=O)C(NC(=O)[C@H](C(C)C)N(C)C(=O)OCc1ccc(CC(=O)OC2/C=C/COCOC2)c(NCC(=O)ON2C(=O)CCC2=O)c1)C(C)C. The summed E-state index contributed by atoms with van der Waals surface area (Å²) in [5.41, 5.74) is 1.71. The molecule has 2 aliphatic heterocycles. The van der Waals surface area contributed by atoms with Crippen molar-refractivity contribution < 1.29 is 81.5 Å². The summed E-state index contributed by atoms with van der Waals surface area (Å²) in [5, 5.41) is 20.2. The fourth-order valence-electron chi connectivity index (χ4n) is 11.4. The molecule has 2 aromatic rings. The molecule has 2 fully saturated rings. The van der Waals surface area contributed by atoms with Crippen molar-refractivity contribution in [1.82, 2.24) is 25.5 Å². The third-order valence-electron chi connectivity index (χ3n) is 16.3. The van der Waals surface area contributed by atoms with Crippen molar-refractivity contribution in [1.29, 1.82) is 0 Å². The second-order valence-electron chi connectivity index (χ2n) is 23.1. The van der Waals surface area contributed by atoms with Gasteiger partial charge < -0.3 is 59.2 Å². The van der Waals surface area contributed by atoms with Crippen LogP contribution in [0.15, 0.2) is 60.7 Å². The van der Waals surface area contributed by atoms with Crippen molar-refractivity contribution in [2.75, 3.05) is 60.2 Å². The zero-order valence-corrected chi connectivity index (χ0v) is 51.4. The molecule has 12 atom stereocenters. The van der Waals surface area contributed by atoms with E-state index >= 15 is 0 Å². The predicted molar refractivity (Wildman–Crippen MR) is 311 cm³/mol. The standard InChI is InChI=1S/C62H90N6O17/c1-13-38(6)56(49(79-11)31-48(69)45-22-17-23-46(45)58(80-12)39(7)59(75)64-40(8)57(74)42-19-15-14-16-20-42)66(9)61(77)54(36(2)3)65-60(76)55(37(4)5)67(10)62(78)83-33-41-24-25-43(30-52(72)84-44-21-18-28-81-35-82-34-44)47(29-41)63-32-53(73)85-68-50(70)26-27-51(68)71/h14-16,18-21,24-25,29,36-40,44-46,49,54-58,63,74H,13,17,22-23,26-28,30-35H2,1-12H3,(H,64,75)(H,65,76)/b21-18+/t38-,39+,40+,44?,45?,46?,49?,54?,55-,56?,57+,58?/m0/s1. The van der Waals surface area contributed by atoms with Crippen LogP contribution in [0.2, 0.25) is 0 Å². The van der Waals surface area contributed by atoms with Crippen LogP contribution in [0.4, 0.5) is 10.5 Å². The van der Waals surface area contributed by atoms with Gasteiger partial charge >= 0.3 is 18.0 Å². The number of ketones is 1. The van der Waals surface area contributed by atoms with Crippen LogP contribution >= 0.6 is 0 Å². The first-order chi connectivity index (χ1) is 40.4. The van der Waals surface area contributed by atoms with E-state index in [2.05, 4.69) is 16.0 Å². The molecule has 5 rings (SSSR count). The number of benzene rings is 2. The lowest BCUT2D eigenvalue weighted by Gasteiger charge is -2.40. The van der Waals surface area contributed by atoms with Crippen LogP contribution in [-0.4, -0.2) is 171 Å².